The minimum Gasteiger partial charge on any atom is -0.365 e. The van der Waals surface area contributed by atoms with Crippen LogP contribution in [0.15, 0.2) is 48.8 Å². The van der Waals surface area contributed by atoms with Crippen LogP contribution in [0.5, 0.6) is 0 Å². The molecule has 7 heteroatoms. The van der Waals surface area contributed by atoms with Gasteiger partial charge in [-0.15, -0.1) is 0 Å². The SMILES string of the molecule is NC(=O)c1ccc[n+](Cc2cccc(CP(=O)(O)O)c2)c1. The van der Waals surface area contributed by atoms with E-state index < -0.39 is 13.5 Å². The minimum absolute atomic E-state index is 0.285. The van der Waals surface area contributed by atoms with Crippen molar-refractivity contribution in [1.82, 2.24) is 0 Å². The van der Waals surface area contributed by atoms with Crippen molar-refractivity contribution in [3.8, 4) is 0 Å². The van der Waals surface area contributed by atoms with Gasteiger partial charge >= 0.3 is 7.60 Å². The third-order valence-electron chi connectivity index (χ3n) is 2.89. The second-order valence-corrected chi connectivity index (χ2v) is 6.42. The molecular formula is C14H16N2O4P+. The van der Waals surface area contributed by atoms with Crippen molar-refractivity contribution < 1.29 is 23.7 Å². The Hall–Kier alpha value is -2.01. The lowest BCUT2D eigenvalue weighted by molar-refractivity contribution is -0.688. The quantitative estimate of drug-likeness (QED) is 0.561. The van der Waals surface area contributed by atoms with Crippen LogP contribution in [0.4, 0.5) is 0 Å². The highest BCUT2D eigenvalue weighted by molar-refractivity contribution is 7.50. The van der Waals surface area contributed by atoms with Gasteiger partial charge in [-0.2, -0.15) is 4.57 Å². The lowest BCUT2D eigenvalue weighted by Crippen LogP contribution is -2.35. The Balaban J connectivity index is 2.20. The van der Waals surface area contributed by atoms with Gasteiger partial charge in [-0.05, 0) is 17.7 Å². The average Bonchev–Trinajstić information content (AvgIpc) is 2.37. The van der Waals surface area contributed by atoms with Gasteiger partial charge in [0.1, 0.15) is 5.56 Å². The summed E-state index contributed by atoms with van der Waals surface area (Å²) in [5.74, 6) is -0.500. The van der Waals surface area contributed by atoms with Gasteiger partial charge in [-0.1, -0.05) is 18.2 Å². The van der Waals surface area contributed by atoms with Crippen LogP contribution in [0.1, 0.15) is 21.5 Å². The molecule has 21 heavy (non-hydrogen) atoms. The monoisotopic (exact) mass is 307 g/mol. The molecule has 0 bridgehead atoms. The topological polar surface area (TPSA) is 105 Å². The molecule has 6 nitrogen and oxygen atoms in total. The Morgan fingerprint density at radius 2 is 1.90 bits per heavy atom. The maximum atomic E-state index is 11.1. The first-order chi connectivity index (χ1) is 9.83. The number of nitrogens with two attached hydrogens (primary N) is 1. The molecule has 1 amide bonds. The Kier molecular flexibility index (Phi) is 4.53. The van der Waals surface area contributed by atoms with E-state index in [1.54, 1.807) is 47.3 Å². The number of hydrogen-bond acceptors (Lipinski definition) is 2. The standard InChI is InChI=1S/C14H15N2O4P/c15-14(17)13-5-2-6-16(9-13)8-11-3-1-4-12(7-11)10-21(18,19)20/h1-7,9H,8,10H2,(H3-,15,17,18,19,20)/p+1. The first-order valence-electron chi connectivity index (χ1n) is 6.25. The summed E-state index contributed by atoms with van der Waals surface area (Å²) in [6.45, 7) is 0.482. The van der Waals surface area contributed by atoms with Gasteiger partial charge in [-0.3, -0.25) is 9.36 Å². The minimum atomic E-state index is -4.08. The maximum Gasteiger partial charge on any atom is 0.329 e. The molecule has 1 aromatic heterocycles. The van der Waals surface area contributed by atoms with Gasteiger partial charge in [0.2, 0.25) is 0 Å². The van der Waals surface area contributed by atoms with Crippen molar-refractivity contribution in [2.75, 3.05) is 0 Å². The van der Waals surface area contributed by atoms with E-state index in [2.05, 4.69) is 0 Å². The van der Waals surface area contributed by atoms with Gasteiger partial charge in [-0.25, -0.2) is 0 Å². The van der Waals surface area contributed by atoms with Crippen molar-refractivity contribution in [3.63, 3.8) is 0 Å². The van der Waals surface area contributed by atoms with Crippen molar-refractivity contribution in [3.05, 3.63) is 65.5 Å². The van der Waals surface area contributed by atoms with Crippen LogP contribution in [0.25, 0.3) is 0 Å². The van der Waals surface area contributed by atoms with E-state index in [1.807, 2.05) is 6.07 Å². The van der Waals surface area contributed by atoms with Crippen LogP contribution < -0.4 is 10.3 Å². The number of primary amides is 1. The number of pyridine rings is 1. The van der Waals surface area contributed by atoms with E-state index in [0.29, 0.717) is 17.7 Å². The second kappa shape index (κ2) is 6.18. The smallest absolute Gasteiger partial charge is 0.329 e. The number of carbonyl (C=O) groups is 1. The zero-order valence-electron chi connectivity index (χ0n) is 11.2. The van der Waals surface area contributed by atoms with Crippen molar-refractivity contribution >= 4 is 13.5 Å². The van der Waals surface area contributed by atoms with Gasteiger partial charge in [0, 0.05) is 11.6 Å². The lowest BCUT2D eigenvalue weighted by Gasteiger charge is -2.05. The number of aromatic nitrogens is 1. The first-order valence-corrected chi connectivity index (χ1v) is 8.04. The molecule has 0 atom stereocenters. The summed E-state index contributed by atoms with van der Waals surface area (Å²) in [6.07, 6.45) is 3.15. The number of benzene rings is 1. The zero-order valence-corrected chi connectivity index (χ0v) is 12.1. The van der Waals surface area contributed by atoms with Gasteiger partial charge < -0.3 is 15.5 Å². The average molecular weight is 307 g/mol. The molecule has 0 fully saturated rings. The molecule has 0 unspecified atom stereocenters. The summed E-state index contributed by atoms with van der Waals surface area (Å²) in [6, 6.07) is 10.4. The molecule has 1 aromatic carbocycles. The van der Waals surface area contributed by atoms with Gasteiger partial charge in [0.15, 0.2) is 18.9 Å². The molecule has 0 aliphatic heterocycles. The number of hydrogen-bond donors (Lipinski definition) is 3. The summed E-state index contributed by atoms with van der Waals surface area (Å²) in [5, 5.41) is 0. The maximum absolute atomic E-state index is 11.1. The molecule has 4 N–H and O–H groups in total. The summed E-state index contributed by atoms with van der Waals surface area (Å²) in [5.41, 5.74) is 7.10. The number of rotatable bonds is 5. The third-order valence-corrected chi connectivity index (χ3v) is 3.66. The van der Waals surface area contributed by atoms with Crippen LogP contribution >= 0.6 is 7.60 Å². The fourth-order valence-electron chi connectivity index (χ4n) is 2.04. The van der Waals surface area contributed by atoms with Crippen LogP contribution in [0, 0.1) is 0 Å². The van der Waals surface area contributed by atoms with Crippen LogP contribution in [-0.4, -0.2) is 15.7 Å². The Morgan fingerprint density at radius 3 is 2.57 bits per heavy atom. The number of amides is 1. The van der Waals surface area contributed by atoms with E-state index in [4.69, 9.17) is 15.5 Å². The van der Waals surface area contributed by atoms with Crippen molar-refractivity contribution in [2.24, 2.45) is 5.73 Å². The highest BCUT2D eigenvalue weighted by atomic mass is 31.2. The molecule has 0 saturated carbocycles. The molecule has 0 aliphatic rings. The largest absolute Gasteiger partial charge is 0.365 e. The molecule has 0 saturated heterocycles. The summed E-state index contributed by atoms with van der Waals surface area (Å²) in [7, 11) is -4.08. The fourth-order valence-corrected chi connectivity index (χ4v) is 2.71. The van der Waals surface area contributed by atoms with Crippen LogP contribution in [-0.2, 0) is 17.3 Å². The summed E-state index contributed by atoms with van der Waals surface area (Å²) in [4.78, 5) is 29.1. The van der Waals surface area contributed by atoms with E-state index in [9.17, 15) is 9.36 Å². The van der Waals surface area contributed by atoms with Crippen molar-refractivity contribution in [1.29, 1.82) is 0 Å². The summed E-state index contributed by atoms with van der Waals surface area (Å²) >= 11 is 0. The molecule has 1 heterocycles. The Bertz CT molecular complexity index is 712. The molecule has 2 aromatic rings. The predicted molar refractivity (Wildman–Crippen MR) is 76.4 cm³/mol. The molecule has 0 spiro atoms. The Labute approximate surface area is 122 Å². The van der Waals surface area contributed by atoms with E-state index in [-0.39, 0.29) is 6.16 Å². The van der Waals surface area contributed by atoms with E-state index in [0.717, 1.165) is 5.56 Å². The number of carbonyl (C=O) groups excluding carboxylic acids is 1. The molecule has 0 radical (unpaired) electrons. The fraction of sp³-hybridized carbons (Fsp3) is 0.143. The van der Waals surface area contributed by atoms with Gasteiger partial charge in [0.25, 0.3) is 5.91 Å². The van der Waals surface area contributed by atoms with Crippen LogP contribution in [0.2, 0.25) is 0 Å². The molecule has 110 valence electrons. The Morgan fingerprint density at radius 1 is 1.19 bits per heavy atom. The van der Waals surface area contributed by atoms with Gasteiger partial charge in [0.05, 0.1) is 6.16 Å². The van der Waals surface area contributed by atoms with E-state index >= 15 is 0 Å². The molecular weight excluding hydrogens is 291 g/mol. The van der Waals surface area contributed by atoms with Crippen LogP contribution in [0.3, 0.4) is 0 Å². The third kappa shape index (κ3) is 4.79. The zero-order chi connectivity index (χ0) is 15.5. The summed E-state index contributed by atoms with van der Waals surface area (Å²) < 4.78 is 12.8. The second-order valence-electron chi connectivity index (χ2n) is 4.77. The molecule has 2 rings (SSSR count). The lowest BCUT2D eigenvalue weighted by atomic mass is 10.1. The number of nitrogens with zero attached hydrogens (tertiary/aromatic N) is 1. The normalized spacial score (nSPS) is 11.3. The predicted octanol–water partition coefficient (Wildman–Crippen LogP) is 0.799. The van der Waals surface area contributed by atoms with E-state index in [1.165, 1.54) is 0 Å². The molecule has 0 aliphatic carbocycles. The highest BCUT2D eigenvalue weighted by Crippen LogP contribution is 2.38. The highest BCUT2D eigenvalue weighted by Gasteiger charge is 2.15. The van der Waals surface area contributed by atoms with Crippen molar-refractivity contribution in [2.45, 2.75) is 12.7 Å². The first kappa shape index (κ1) is 15.4.